The summed E-state index contributed by atoms with van der Waals surface area (Å²) in [6.07, 6.45) is -4.63. The average Bonchev–Trinajstić information content (AvgIpc) is 3.02. The van der Waals surface area contributed by atoms with Crippen molar-refractivity contribution >= 4 is 21.6 Å². The van der Waals surface area contributed by atoms with Crippen LogP contribution in [0.1, 0.15) is 51.1 Å². The molecule has 0 saturated carbocycles. The number of benzene rings is 1. The molecule has 0 spiro atoms. The second kappa shape index (κ2) is 7.06. The van der Waals surface area contributed by atoms with Crippen molar-refractivity contribution in [2.24, 2.45) is 0 Å². The van der Waals surface area contributed by atoms with Crippen molar-refractivity contribution in [2.75, 3.05) is 7.05 Å². The predicted molar refractivity (Wildman–Crippen MR) is 92.8 cm³/mol. The van der Waals surface area contributed by atoms with Crippen LogP contribution in [-0.4, -0.2) is 30.0 Å². The van der Waals surface area contributed by atoms with E-state index >= 15 is 0 Å². The van der Waals surface area contributed by atoms with Crippen LogP contribution in [0.2, 0.25) is 5.02 Å². The van der Waals surface area contributed by atoms with Gasteiger partial charge in [-0.1, -0.05) is 32.4 Å². The zero-order valence-corrected chi connectivity index (χ0v) is 16.9. The second-order valence-corrected chi connectivity index (χ2v) is 9.41. The van der Waals surface area contributed by atoms with Crippen LogP contribution in [0.5, 0.6) is 0 Å². The van der Waals surface area contributed by atoms with E-state index in [0.717, 1.165) is 10.4 Å². The van der Waals surface area contributed by atoms with Gasteiger partial charge in [0.2, 0.25) is 21.8 Å². The number of rotatable bonds is 4. The zero-order valence-electron chi connectivity index (χ0n) is 15.3. The van der Waals surface area contributed by atoms with Crippen LogP contribution in [0.3, 0.4) is 0 Å². The first-order valence-electron chi connectivity index (χ1n) is 7.84. The predicted octanol–water partition coefficient (Wildman–Crippen LogP) is 4.42. The molecule has 0 aliphatic carbocycles. The van der Waals surface area contributed by atoms with E-state index < -0.39 is 43.1 Å². The summed E-state index contributed by atoms with van der Waals surface area (Å²) in [6.45, 7) is 7.10. The Balaban J connectivity index is 2.37. The summed E-state index contributed by atoms with van der Waals surface area (Å²) in [6, 6.07) is 1.23. The molecule has 11 heteroatoms. The van der Waals surface area contributed by atoms with Crippen molar-refractivity contribution in [3.63, 3.8) is 0 Å². The fourth-order valence-electron chi connectivity index (χ4n) is 2.11. The zero-order chi connectivity index (χ0) is 20.8. The van der Waals surface area contributed by atoms with Gasteiger partial charge in [-0.15, -0.1) is 10.2 Å². The smallest absolute Gasteiger partial charge is 0.416 e. The molecule has 0 saturated heterocycles. The maximum atomic E-state index is 12.8. The molecule has 27 heavy (non-hydrogen) atoms. The topological polar surface area (TPSA) is 76.3 Å². The van der Waals surface area contributed by atoms with E-state index in [4.69, 9.17) is 16.0 Å². The molecule has 0 N–H and O–H groups in total. The Morgan fingerprint density at radius 1 is 1.19 bits per heavy atom. The second-order valence-electron chi connectivity index (χ2n) is 7.04. The summed E-state index contributed by atoms with van der Waals surface area (Å²) in [5, 5.41) is 7.26. The summed E-state index contributed by atoms with van der Waals surface area (Å²) < 4.78 is 70.3. The van der Waals surface area contributed by atoms with Crippen LogP contribution in [0, 0.1) is 0 Å². The average molecular weight is 426 g/mol. The van der Waals surface area contributed by atoms with Crippen LogP contribution in [0.15, 0.2) is 27.5 Å². The van der Waals surface area contributed by atoms with Gasteiger partial charge in [-0.05, 0) is 25.1 Å². The van der Waals surface area contributed by atoms with E-state index in [1.54, 1.807) is 0 Å². The van der Waals surface area contributed by atoms with Crippen LogP contribution in [-0.2, 0) is 21.6 Å². The Bertz CT molecular complexity index is 936. The molecule has 6 nitrogen and oxygen atoms in total. The van der Waals surface area contributed by atoms with Gasteiger partial charge in [0.25, 0.3) is 0 Å². The van der Waals surface area contributed by atoms with Crippen molar-refractivity contribution in [3.8, 4) is 0 Å². The molecule has 2 rings (SSSR count). The molecule has 2 aromatic rings. The first kappa shape index (κ1) is 21.6. The van der Waals surface area contributed by atoms with Crippen molar-refractivity contribution in [2.45, 2.75) is 50.2 Å². The highest BCUT2D eigenvalue weighted by Gasteiger charge is 2.35. The van der Waals surface area contributed by atoms with E-state index in [1.807, 2.05) is 20.8 Å². The molecule has 1 aromatic heterocycles. The molecule has 0 fully saturated rings. The number of aromatic nitrogens is 2. The first-order valence-corrected chi connectivity index (χ1v) is 9.66. The third-order valence-corrected chi connectivity index (χ3v) is 6.31. The number of hydrogen-bond acceptors (Lipinski definition) is 5. The van der Waals surface area contributed by atoms with E-state index in [-0.39, 0.29) is 5.89 Å². The van der Waals surface area contributed by atoms with E-state index in [0.29, 0.717) is 18.0 Å². The molecule has 0 unspecified atom stereocenters. The summed E-state index contributed by atoms with van der Waals surface area (Å²) in [4.78, 5) is -0.443. The summed E-state index contributed by atoms with van der Waals surface area (Å²) in [5.74, 6) is 0.400. The minimum Gasteiger partial charge on any atom is -0.423 e. The number of sulfonamides is 1. The molecule has 0 amide bonds. The highest BCUT2D eigenvalue weighted by molar-refractivity contribution is 7.89. The third kappa shape index (κ3) is 4.44. The maximum Gasteiger partial charge on any atom is 0.416 e. The van der Waals surface area contributed by atoms with E-state index in [1.165, 1.54) is 14.0 Å². The summed E-state index contributed by atoms with van der Waals surface area (Å²) >= 11 is 5.82. The first-order chi connectivity index (χ1) is 12.2. The van der Waals surface area contributed by atoms with Crippen LogP contribution in [0.25, 0.3) is 0 Å². The quantitative estimate of drug-likeness (QED) is 0.724. The van der Waals surface area contributed by atoms with Gasteiger partial charge in [0, 0.05) is 12.5 Å². The Hall–Kier alpha value is -1.65. The van der Waals surface area contributed by atoms with Crippen LogP contribution in [0.4, 0.5) is 13.2 Å². The fraction of sp³-hybridized carbons (Fsp3) is 0.500. The number of hydrogen-bond donors (Lipinski definition) is 0. The van der Waals surface area contributed by atoms with Gasteiger partial charge < -0.3 is 4.42 Å². The van der Waals surface area contributed by atoms with Gasteiger partial charge in [0.05, 0.1) is 10.6 Å². The molecule has 1 aromatic carbocycles. The van der Waals surface area contributed by atoms with Crippen LogP contribution < -0.4 is 0 Å². The lowest BCUT2D eigenvalue weighted by Gasteiger charge is -2.22. The minimum atomic E-state index is -4.63. The van der Waals surface area contributed by atoms with Gasteiger partial charge >= 0.3 is 6.18 Å². The number of alkyl halides is 3. The van der Waals surface area contributed by atoms with Crippen molar-refractivity contribution < 1.29 is 26.0 Å². The third-order valence-electron chi connectivity index (χ3n) is 3.90. The summed E-state index contributed by atoms with van der Waals surface area (Å²) in [7, 11) is -2.94. The lowest BCUT2D eigenvalue weighted by molar-refractivity contribution is -0.137. The molecule has 0 bridgehead atoms. The van der Waals surface area contributed by atoms with Gasteiger partial charge in [-0.2, -0.15) is 17.5 Å². The minimum absolute atomic E-state index is 0.0639. The largest absolute Gasteiger partial charge is 0.423 e. The molecular formula is C16H19ClF3N3O3S. The van der Waals surface area contributed by atoms with Gasteiger partial charge in [-0.3, -0.25) is 0 Å². The molecular weight excluding hydrogens is 407 g/mol. The van der Waals surface area contributed by atoms with Gasteiger partial charge in [-0.25, -0.2) is 8.42 Å². The van der Waals surface area contributed by atoms with Gasteiger partial charge in [0.15, 0.2) is 0 Å². The van der Waals surface area contributed by atoms with E-state index in [2.05, 4.69) is 10.2 Å². The van der Waals surface area contributed by atoms with Crippen molar-refractivity contribution in [1.82, 2.24) is 14.5 Å². The fourth-order valence-corrected chi connectivity index (χ4v) is 3.95. The number of nitrogens with zero attached hydrogens (tertiary/aromatic N) is 3. The lowest BCUT2D eigenvalue weighted by Crippen LogP contribution is -2.30. The number of halogens is 4. The van der Waals surface area contributed by atoms with Crippen LogP contribution >= 0.6 is 11.6 Å². The Kier molecular flexibility index (Phi) is 5.66. The maximum absolute atomic E-state index is 12.8. The molecule has 1 heterocycles. The SMILES string of the molecule is C[C@@H](c1nnc(C(C)(C)C)o1)N(C)S(=O)(=O)c1ccc(C(F)(F)F)cc1Cl. The van der Waals surface area contributed by atoms with Gasteiger partial charge in [0.1, 0.15) is 10.9 Å². The Labute approximate surface area is 160 Å². The highest BCUT2D eigenvalue weighted by Crippen LogP contribution is 2.35. The van der Waals surface area contributed by atoms with Crippen molar-refractivity contribution in [1.29, 1.82) is 0 Å². The Morgan fingerprint density at radius 3 is 2.22 bits per heavy atom. The lowest BCUT2D eigenvalue weighted by atomic mass is 9.97. The molecule has 150 valence electrons. The normalized spacial score (nSPS) is 14.6. The van der Waals surface area contributed by atoms with Crippen molar-refractivity contribution in [3.05, 3.63) is 40.6 Å². The standard InChI is InChI=1S/C16H19ClF3N3O3S/c1-9(13-21-22-14(26-13)15(2,3)4)23(5)27(24,25)12-7-6-10(8-11(12)17)16(18,19)20/h6-9H,1-5H3/t9-/m0/s1. The molecule has 1 atom stereocenters. The highest BCUT2D eigenvalue weighted by atomic mass is 35.5. The monoisotopic (exact) mass is 425 g/mol. The summed E-state index contributed by atoms with van der Waals surface area (Å²) in [5.41, 5.74) is -1.45. The molecule has 0 aliphatic rings. The molecule has 0 radical (unpaired) electrons. The van der Waals surface area contributed by atoms with E-state index in [9.17, 15) is 21.6 Å². The Morgan fingerprint density at radius 2 is 1.78 bits per heavy atom. The molecule has 0 aliphatic heterocycles.